The van der Waals surface area contributed by atoms with Crippen LogP contribution in [-0.4, -0.2) is 0 Å². The highest BCUT2D eigenvalue weighted by Gasteiger charge is 2.06. The second-order valence-electron chi connectivity index (χ2n) is 5.71. The molecule has 3 rings (SSSR count). The summed E-state index contributed by atoms with van der Waals surface area (Å²) in [4.78, 5) is 0. The maximum absolute atomic E-state index is 6.03. The molecule has 0 atom stereocenters. The van der Waals surface area contributed by atoms with Gasteiger partial charge in [0.25, 0.3) is 0 Å². The third-order valence-corrected chi connectivity index (χ3v) is 4.27. The summed E-state index contributed by atoms with van der Waals surface area (Å²) in [6.07, 6.45) is 1.99. The summed E-state index contributed by atoms with van der Waals surface area (Å²) in [6.45, 7) is 4.09. The molecule has 0 radical (unpaired) electrons. The zero-order valence-corrected chi connectivity index (χ0v) is 15.6. The van der Waals surface area contributed by atoms with Crippen molar-refractivity contribution in [2.45, 2.75) is 0 Å². The van der Waals surface area contributed by atoms with Crippen LogP contribution in [0.5, 0.6) is 0 Å². The van der Waals surface area contributed by atoms with Crippen molar-refractivity contribution in [3.8, 4) is 11.8 Å². The van der Waals surface area contributed by atoms with Crippen molar-refractivity contribution in [1.29, 1.82) is 0 Å². The van der Waals surface area contributed by atoms with Gasteiger partial charge in [-0.25, -0.2) is 0 Å². The van der Waals surface area contributed by atoms with Gasteiger partial charge in [-0.05, 0) is 59.2 Å². The number of rotatable bonds is 3. The molecular weight excluding hydrogens is 359 g/mol. The van der Waals surface area contributed by atoms with E-state index >= 15 is 0 Å². The van der Waals surface area contributed by atoms with Gasteiger partial charge in [0.05, 0.1) is 0 Å². The first-order chi connectivity index (χ1) is 12.6. The Bertz CT molecular complexity index is 937. The van der Waals surface area contributed by atoms with Crippen LogP contribution in [0.15, 0.2) is 97.1 Å². The third kappa shape index (κ3) is 4.90. The van der Waals surface area contributed by atoms with Crippen molar-refractivity contribution >= 4 is 28.8 Å². The molecule has 0 unspecified atom stereocenters. The van der Waals surface area contributed by atoms with Crippen LogP contribution in [0.2, 0.25) is 10.0 Å². The van der Waals surface area contributed by atoms with Crippen molar-refractivity contribution in [2.75, 3.05) is 0 Å². The fourth-order valence-corrected chi connectivity index (χ4v) is 2.73. The molecule has 3 aromatic carbocycles. The Morgan fingerprint density at radius 3 is 1.73 bits per heavy atom. The summed E-state index contributed by atoms with van der Waals surface area (Å²) < 4.78 is 0. The molecule has 0 amide bonds. The molecule has 0 fully saturated rings. The molecule has 0 nitrogen and oxygen atoms in total. The molecule has 2 heteroatoms. The van der Waals surface area contributed by atoms with E-state index in [2.05, 4.69) is 18.4 Å². The lowest BCUT2D eigenvalue weighted by Crippen LogP contribution is -1.89. The molecule has 0 bridgehead atoms. The van der Waals surface area contributed by atoms with Gasteiger partial charge < -0.3 is 0 Å². The smallest absolute Gasteiger partial charge is 0.0406 e. The number of hydrogen-bond donors (Lipinski definition) is 0. The fourth-order valence-electron chi connectivity index (χ4n) is 2.48. The van der Waals surface area contributed by atoms with Crippen LogP contribution in [0.3, 0.4) is 0 Å². The molecule has 0 heterocycles. The molecule has 0 aliphatic rings. The van der Waals surface area contributed by atoms with Crippen LogP contribution in [0.25, 0.3) is 5.57 Å². The van der Waals surface area contributed by atoms with Crippen LogP contribution in [0.1, 0.15) is 16.7 Å². The first kappa shape index (κ1) is 18.1. The van der Waals surface area contributed by atoms with Gasteiger partial charge in [0.2, 0.25) is 0 Å². The minimum Gasteiger partial charge on any atom is -0.0843 e. The zero-order chi connectivity index (χ0) is 18.4. The summed E-state index contributed by atoms with van der Waals surface area (Å²) in [6, 6.07) is 25.3. The highest BCUT2D eigenvalue weighted by Crippen LogP contribution is 2.27. The fraction of sp³-hybridized carbons (Fsp3) is 0. The maximum Gasteiger partial charge on any atom is 0.0406 e. The molecule has 0 aromatic heterocycles. The van der Waals surface area contributed by atoms with E-state index in [-0.39, 0.29) is 0 Å². The highest BCUT2D eigenvalue weighted by molar-refractivity contribution is 6.31. The monoisotopic (exact) mass is 374 g/mol. The summed E-state index contributed by atoms with van der Waals surface area (Å²) in [5.41, 5.74) is 4.79. The van der Waals surface area contributed by atoms with E-state index in [1.807, 2.05) is 84.9 Å². The van der Waals surface area contributed by atoms with E-state index in [4.69, 9.17) is 23.2 Å². The van der Waals surface area contributed by atoms with Crippen LogP contribution in [0.4, 0.5) is 0 Å². The van der Waals surface area contributed by atoms with Gasteiger partial charge >= 0.3 is 0 Å². The molecule has 0 aliphatic heterocycles. The molecule has 3 aromatic rings. The average molecular weight is 375 g/mol. The van der Waals surface area contributed by atoms with E-state index in [0.717, 1.165) is 27.8 Å². The van der Waals surface area contributed by atoms with Crippen molar-refractivity contribution in [1.82, 2.24) is 0 Å². The second-order valence-corrected chi connectivity index (χ2v) is 6.59. The Labute approximate surface area is 164 Å². The quantitative estimate of drug-likeness (QED) is 0.340. The Morgan fingerprint density at radius 1 is 0.731 bits per heavy atom. The van der Waals surface area contributed by atoms with Crippen LogP contribution in [0, 0.1) is 11.8 Å². The normalized spacial score (nSPS) is 9.77. The van der Waals surface area contributed by atoms with Gasteiger partial charge in [0.1, 0.15) is 0 Å². The van der Waals surface area contributed by atoms with Gasteiger partial charge in [-0.15, -0.1) is 0 Å². The Balaban J connectivity index is 1.98. The summed E-state index contributed by atoms with van der Waals surface area (Å²) in [5.74, 6) is 6.25. The van der Waals surface area contributed by atoms with Gasteiger partial charge in [-0.3, -0.25) is 0 Å². The molecule has 0 saturated heterocycles. The topological polar surface area (TPSA) is 0 Å². The van der Waals surface area contributed by atoms with Gasteiger partial charge in [-0.1, -0.05) is 84.1 Å². The van der Waals surface area contributed by atoms with Crippen molar-refractivity contribution in [2.24, 2.45) is 0 Å². The second kappa shape index (κ2) is 8.59. The Kier molecular flexibility index (Phi) is 5.97. The average Bonchev–Trinajstić information content (AvgIpc) is 2.67. The molecular formula is C24H16Cl2. The highest BCUT2D eigenvalue weighted by atomic mass is 35.5. The van der Waals surface area contributed by atoms with Crippen LogP contribution >= 0.6 is 23.2 Å². The minimum absolute atomic E-state index is 0.701. The molecule has 0 aliphatic carbocycles. The predicted octanol–water partition coefficient (Wildman–Crippen LogP) is 7.03. The summed E-state index contributed by atoms with van der Waals surface area (Å²) >= 11 is 12.1. The van der Waals surface area contributed by atoms with Gasteiger partial charge in [-0.2, -0.15) is 0 Å². The van der Waals surface area contributed by atoms with Crippen molar-refractivity contribution in [3.63, 3.8) is 0 Å². The van der Waals surface area contributed by atoms with E-state index in [1.165, 1.54) is 0 Å². The lowest BCUT2D eigenvalue weighted by molar-refractivity contribution is 1.54. The zero-order valence-electron chi connectivity index (χ0n) is 14.0. The summed E-state index contributed by atoms with van der Waals surface area (Å²) in [5, 5.41) is 1.40. The van der Waals surface area contributed by atoms with E-state index < -0.39 is 0 Å². The van der Waals surface area contributed by atoms with Gasteiger partial charge in [0, 0.05) is 21.2 Å². The number of benzene rings is 3. The van der Waals surface area contributed by atoms with E-state index in [9.17, 15) is 0 Å². The Hall–Kier alpha value is -2.72. The predicted molar refractivity (Wildman–Crippen MR) is 112 cm³/mol. The maximum atomic E-state index is 6.03. The molecule has 0 spiro atoms. The first-order valence-electron chi connectivity index (χ1n) is 8.11. The van der Waals surface area contributed by atoms with Gasteiger partial charge in [0.15, 0.2) is 0 Å². The molecule has 0 N–H and O–H groups in total. The van der Waals surface area contributed by atoms with Crippen LogP contribution in [-0.2, 0) is 0 Å². The lowest BCUT2D eigenvalue weighted by atomic mass is 9.96. The standard InChI is InChI=1S/C24H16Cl2/c1-18(7-8-19-5-3-2-4-6-19)17-24(20-9-13-22(25)14-10-20)21-11-15-23(26)16-12-21/h2-6,9-17H,1H2. The van der Waals surface area contributed by atoms with E-state index in [0.29, 0.717) is 10.0 Å². The largest absolute Gasteiger partial charge is 0.0843 e. The summed E-state index contributed by atoms with van der Waals surface area (Å²) in [7, 11) is 0. The van der Waals surface area contributed by atoms with E-state index in [1.54, 1.807) is 0 Å². The molecule has 0 saturated carbocycles. The number of allylic oxidation sites excluding steroid dienone is 2. The number of halogens is 2. The lowest BCUT2D eigenvalue weighted by Gasteiger charge is -2.09. The third-order valence-electron chi connectivity index (χ3n) is 3.77. The molecule has 126 valence electrons. The number of hydrogen-bond acceptors (Lipinski definition) is 0. The van der Waals surface area contributed by atoms with Crippen LogP contribution < -0.4 is 0 Å². The van der Waals surface area contributed by atoms with Crippen molar-refractivity contribution < 1.29 is 0 Å². The Morgan fingerprint density at radius 2 is 1.23 bits per heavy atom. The van der Waals surface area contributed by atoms with Crippen molar-refractivity contribution in [3.05, 3.63) is 124 Å². The minimum atomic E-state index is 0.701. The SMILES string of the molecule is C=C(C#Cc1ccccc1)C=C(c1ccc(Cl)cc1)c1ccc(Cl)cc1. The first-order valence-corrected chi connectivity index (χ1v) is 8.87. The molecule has 26 heavy (non-hydrogen) atoms.